The zero-order chi connectivity index (χ0) is 13.4. The summed E-state index contributed by atoms with van der Waals surface area (Å²) >= 11 is 0. The zero-order valence-electron chi connectivity index (χ0n) is 11.0. The summed E-state index contributed by atoms with van der Waals surface area (Å²) in [5.41, 5.74) is 0.620. The molecule has 1 aromatic carbocycles. The van der Waals surface area contributed by atoms with Crippen LogP contribution in [0.1, 0.15) is 31.4 Å². The normalized spacial score (nSPS) is 14.2. The lowest BCUT2D eigenvalue weighted by Crippen LogP contribution is -2.19. The van der Waals surface area contributed by atoms with E-state index in [0.29, 0.717) is 30.9 Å². The first-order valence-corrected chi connectivity index (χ1v) is 6.27. The van der Waals surface area contributed by atoms with Crippen molar-refractivity contribution in [3.63, 3.8) is 0 Å². The van der Waals surface area contributed by atoms with E-state index in [2.05, 4.69) is 0 Å². The first-order valence-electron chi connectivity index (χ1n) is 6.27. The van der Waals surface area contributed by atoms with Crippen molar-refractivity contribution >= 4 is 0 Å². The van der Waals surface area contributed by atoms with Crippen molar-refractivity contribution in [1.82, 2.24) is 0 Å². The van der Waals surface area contributed by atoms with Crippen LogP contribution in [-0.2, 0) is 4.74 Å². The third-order valence-corrected chi connectivity index (χ3v) is 2.73. The maximum Gasteiger partial charge on any atom is 0.125 e. The molecule has 2 N–H and O–H groups in total. The molecule has 2 atom stereocenters. The molecule has 1 rings (SSSR count). The Labute approximate surface area is 108 Å². The van der Waals surface area contributed by atoms with Gasteiger partial charge < -0.3 is 19.7 Å². The average molecular weight is 254 g/mol. The lowest BCUT2D eigenvalue weighted by atomic mass is 10.0. The van der Waals surface area contributed by atoms with Gasteiger partial charge in [-0.15, -0.1) is 0 Å². The molecular formula is C14H22O4. The van der Waals surface area contributed by atoms with Crippen molar-refractivity contribution in [2.75, 3.05) is 20.3 Å². The second kappa shape index (κ2) is 8.08. The smallest absolute Gasteiger partial charge is 0.125 e. The number of hydrogen-bond donors (Lipinski definition) is 2. The van der Waals surface area contributed by atoms with Crippen LogP contribution in [0.25, 0.3) is 0 Å². The fourth-order valence-corrected chi connectivity index (χ4v) is 1.75. The van der Waals surface area contributed by atoms with Gasteiger partial charge in [0.25, 0.3) is 0 Å². The van der Waals surface area contributed by atoms with E-state index in [1.165, 1.54) is 0 Å². The molecule has 102 valence electrons. The van der Waals surface area contributed by atoms with Crippen LogP contribution in [0, 0.1) is 0 Å². The summed E-state index contributed by atoms with van der Waals surface area (Å²) < 4.78 is 10.4. The fourth-order valence-electron chi connectivity index (χ4n) is 1.75. The number of methoxy groups -OCH3 is 1. The quantitative estimate of drug-likeness (QED) is 0.696. The molecule has 0 radical (unpaired) electrons. The van der Waals surface area contributed by atoms with E-state index < -0.39 is 12.2 Å². The van der Waals surface area contributed by atoms with E-state index in [4.69, 9.17) is 9.47 Å². The summed E-state index contributed by atoms with van der Waals surface area (Å²) in [4.78, 5) is 0. The number of rotatable bonds is 8. The minimum Gasteiger partial charge on any atom is -0.491 e. The summed E-state index contributed by atoms with van der Waals surface area (Å²) in [5.74, 6) is 0.595. The Morgan fingerprint density at radius 2 is 1.89 bits per heavy atom. The van der Waals surface area contributed by atoms with Gasteiger partial charge in [0.1, 0.15) is 18.5 Å². The fraction of sp³-hybridized carbons (Fsp3) is 0.571. The highest BCUT2D eigenvalue weighted by Crippen LogP contribution is 2.28. The Morgan fingerprint density at radius 1 is 1.17 bits per heavy atom. The van der Waals surface area contributed by atoms with E-state index >= 15 is 0 Å². The lowest BCUT2D eigenvalue weighted by molar-refractivity contribution is 0.0111. The molecule has 4 nitrogen and oxygen atoms in total. The molecule has 0 bridgehead atoms. The van der Waals surface area contributed by atoms with Gasteiger partial charge in [0.2, 0.25) is 0 Å². The molecule has 0 aliphatic heterocycles. The molecule has 0 aliphatic carbocycles. The summed E-state index contributed by atoms with van der Waals surface area (Å²) in [6.07, 6.45) is -0.288. The summed E-state index contributed by atoms with van der Waals surface area (Å²) in [6.45, 7) is 2.88. The molecule has 2 unspecified atom stereocenters. The molecule has 1 aromatic rings. The number of aliphatic hydroxyl groups is 2. The highest BCUT2D eigenvalue weighted by molar-refractivity contribution is 5.35. The SMILES string of the molecule is CCCC(O)C(O)c1ccccc1OCCOC. The van der Waals surface area contributed by atoms with E-state index in [9.17, 15) is 10.2 Å². The molecule has 0 saturated carbocycles. The minimum absolute atomic E-state index is 0.421. The molecule has 0 fully saturated rings. The first-order chi connectivity index (χ1) is 8.70. The van der Waals surface area contributed by atoms with Crippen molar-refractivity contribution in [3.05, 3.63) is 29.8 Å². The standard InChI is InChI=1S/C14H22O4/c1-3-6-12(15)14(16)11-7-4-5-8-13(11)18-10-9-17-2/h4-5,7-8,12,14-16H,3,6,9-10H2,1-2H3. The zero-order valence-corrected chi connectivity index (χ0v) is 11.0. The van der Waals surface area contributed by atoms with Crippen LogP contribution in [0.4, 0.5) is 0 Å². The third-order valence-electron chi connectivity index (χ3n) is 2.73. The molecule has 0 heterocycles. The van der Waals surface area contributed by atoms with Crippen LogP contribution in [-0.4, -0.2) is 36.6 Å². The molecule has 0 aromatic heterocycles. The monoisotopic (exact) mass is 254 g/mol. The predicted molar refractivity (Wildman–Crippen MR) is 69.7 cm³/mol. The molecule has 0 amide bonds. The second-order valence-corrected chi connectivity index (χ2v) is 4.18. The van der Waals surface area contributed by atoms with Gasteiger partial charge in [-0.3, -0.25) is 0 Å². The highest BCUT2D eigenvalue weighted by Gasteiger charge is 2.20. The topological polar surface area (TPSA) is 58.9 Å². The van der Waals surface area contributed by atoms with Crippen molar-refractivity contribution in [3.8, 4) is 5.75 Å². The molecule has 18 heavy (non-hydrogen) atoms. The van der Waals surface area contributed by atoms with Gasteiger partial charge in [-0.05, 0) is 12.5 Å². The van der Waals surface area contributed by atoms with Crippen LogP contribution in [0.15, 0.2) is 24.3 Å². The number of para-hydroxylation sites is 1. The number of ether oxygens (including phenoxy) is 2. The Hall–Kier alpha value is -1.10. The highest BCUT2D eigenvalue weighted by atomic mass is 16.5. The largest absolute Gasteiger partial charge is 0.491 e. The van der Waals surface area contributed by atoms with Gasteiger partial charge >= 0.3 is 0 Å². The van der Waals surface area contributed by atoms with Crippen LogP contribution >= 0.6 is 0 Å². The van der Waals surface area contributed by atoms with Crippen LogP contribution < -0.4 is 4.74 Å². The van der Waals surface area contributed by atoms with E-state index in [0.717, 1.165) is 6.42 Å². The van der Waals surface area contributed by atoms with Crippen molar-refractivity contribution in [1.29, 1.82) is 0 Å². The van der Waals surface area contributed by atoms with E-state index in [-0.39, 0.29) is 0 Å². The molecular weight excluding hydrogens is 232 g/mol. The summed E-state index contributed by atoms with van der Waals surface area (Å²) in [6, 6.07) is 7.21. The maximum atomic E-state index is 10.1. The van der Waals surface area contributed by atoms with E-state index in [1.807, 2.05) is 19.1 Å². The number of aliphatic hydroxyl groups excluding tert-OH is 2. The van der Waals surface area contributed by atoms with Crippen LogP contribution in [0.3, 0.4) is 0 Å². The number of benzene rings is 1. The average Bonchev–Trinajstić information content (AvgIpc) is 2.39. The Morgan fingerprint density at radius 3 is 2.56 bits per heavy atom. The van der Waals surface area contributed by atoms with Crippen LogP contribution in [0.2, 0.25) is 0 Å². The van der Waals surface area contributed by atoms with Gasteiger partial charge in [0, 0.05) is 12.7 Å². The Bertz CT molecular complexity index is 340. The van der Waals surface area contributed by atoms with Crippen molar-refractivity contribution < 1.29 is 19.7 Å². The minimum atomic E-state index is -0.913. The Kier molecular flexibility index (Phi) is 6.72. The summed E-state index contributed by atoms with van der Waals surface area (Å²) in [7, 11) is 1.61. The van der Waals surface area contributed by atoms with Crippen molar-refractivity contribution in [2.45, 2.75) is 32.0 Å². The molecule has 0 aliphatic rings. The van der Waals surface area contributed by atoms with Crippen molar-refractivity contribution in [2.24, 2.45) is 0 Å². The summed E-state index contributed by atoms with van der Waals surface area (Å²) in [5, 5.41) is 19.9. The lowest BCUT2D eigenvalue weighted by Gasteiger charge is -2.20. The van der Waals surface area contributed by atoms with Gasteiger partial charge in [-0.1, -0.05) is 31.5 Å². The number of hydrogen-bond acceptors (Lipinski definition) is 4. The van der Waals surface area contributed by atoms with E-state index in [1.54, 1.807) is 19.2 Å². The third kappa shape index (κ3) is 4.29. The van der Waals surface area contributed by atoms with Gasteiger partial charge in [0.15, 0.2) is 0 Å². The molecule has 0 spiro atoms. The predicted octanol–water partition coefficient (Wildman–Crippen LogP) is 1.91. The maximum absolute atomic E-state index is 10.1. The van der Waals surface area contributed by atoms with Gasteiger partial charge in [0.05, 0.1) is 12.7 Å². The molecule has 0 saturated heterocycles. The van der Waals surface area contributed by atoms with Gasteiger partial charge in [-0.25, -0.2) is 0 Å². The second-order valence-electron chi connectivity index (χ2n) is 4.18. The van der Waals surface area contributed by atoms with Crippen LogP contribution in [0.5, 0.6) is 5.75 Å². The molecule has 4 heteroatoms. The first kappa shape index (κ1) is 15.0. The van der Waals surface area contributed by atoms with Gasteiger partial charge in [-0.2, -0.15) is 0 Å². The Balaban J connectivity index is 2.73.